The summed E-state index contributed by atoms with van der Waals surface area (Å²) in [5, 5.41) is 0. The largest absolute Gasteiger partial charge is 0.334 e. The van der Waals surface area contributed by atoms with Crippen LogP contribution < -0.4 is 62.2 Å². The van der Waals surface area contributed by atoms with Gasteiger partial charge in [-0.3, -0.25) is 0 Å². The summed E-state index contributed by atoms with van der Waals surface area (Å²) in [4.78, 5) is 15.9. The molecule has 2 fully saturated rings. The lowest BCUT2D eigenvalue weighted by Gasteiger charge is -2.50. The third-order valence-electron chi connectivity index (χ3n) is 31.3. The molecule has 602 valence electrons. The molecular formula is C114H110B2N6. The van der Waals surface area contributed by atoms with Crippen LogP contribution in [0.25, 0.3) is 22.3 Å². The van der Waals surface area contributed by atoms with E-state index in [1.165, 1.54) is 211 Å². The van der Waals surface area contributed by atoms with E-state index in [2.05, 4.69) is 429 Å². The van der Waals surface area contributed by atoms with Crippen LogP contribution in [0, 0.1) is 13.8 Å². The first-order valence-electron chi connectivity index (χ1n) is 45.2. The smallest absolute Gasteiger partial charge is 0.252 e. The number of rotatable bonds is 13. The van der Waals surface area contributed by atoms with Crippen LogP contribution in [-0.2, 0) is 27.1 Å². The van der Waals surface area contributed by atoms with Crippen molar-refractivity contribution in [1.29, 1.82) is 0 Å². The Morgan fingerprint density at radius 1 is 0.270 bits per heavy atom. The van der Waals surface area contributed by atoms with Crippen LogP contribution in [0.5, 0.6) is 0 Å². The maximum atomic E-state index is 2.79. The van der Waals surface area contributed by atoms with Crippen molar-refractivity contribution in [3.05, 3.63) is 348 Å². The van der Waals surface area contributed by atoms with Crippen molar-refractivity contribution < 1.29 is 0 Å². The number of nitrogens with zero attached hydrogens (tertiary/aromatic N) is 6. The molecule has 0 radical (unpaired) electrons. The number of fused-ring (bicyclic) bond motifs is 14. The molecule has 4 unspecified atom stereocenters. The number of hydrogen-bond donors (Lipinski definition) is 0. The van der Waals surface area contributed by atoms with Crippen molar-refractivity contribution in [2.45, 2.75) is 192 Å². The number of hydrogen-bond acceptors (Lipinski definition) is 6. The van der Waals surface area contributed by atoms with Crippen molar-refractivity contribution in [1.82, 2.24) is 0 Å². The fourth-order valence-electron chi connectivity index (χ4n) is 24.2. The maximum absolute atomic E-state index is 2.79. The molecule has 8 aliphatic rings. The van der Waals surface area contributed by atoms with Crippen LogP contribution in [0.1, 0.15) is 179 Å². The Balaban J connectivity index is 0.575. The minimum absolute atomic E-state index is 0.0203. The van der Waals surface area contributed by atoms with E-state index in [1.807, 2.05) is 0 Å². The van der Waals surface area contributed by atoms with Gasteiger partial charge >= 0.3 is 0 Å². The van der Waals surface area contributed by atoms with E-state index < -0.39 is 0 Å². The molecule has 2 saturated carbocycles. The molecule has 0 spiro atoms. The first-order chi connectivity index (χ1) is 58.9. The molecule has 2 aliphatic carbocycles. The summed E-state index contributed by atoms with van der Waals surface area (Å²) in [6.45, 7) is 31.8. The van der Waals surface area contributed by atoms with E-state index in [1.54, 1.807) is 0 Å². The Morgan fingerprint density at radius 3 is 1.00 bits per heavy atom. The van der Waals surface area contributed by atoms with Crippen molar-refractivity contribution in [3.63, 3.8) is 0 Å². The second-order valence-corrected chi connectivity index (χ2v) is 40.2. The second-order valence-electron chi connectivity index (χ2n) is 40.2. The van der Waals surface area contributed by atoms with Gasteiger partial charge in [0.1, 0.15) is 0 Å². The van der Waals surface area contributed by atoms with E-state index in [9.17, 15) is 0 Å². The van der Waals surface area contributed by atoms with E-state index in [4.69, 9.17) is 0 Å². The summed E-state index contributed by atoms with van der Waals surface area (Å²) in [7, 11) is 0. The molecule has 122 heavy (non-hydrogen) atoms. The van der Waals surface area contributed by atoms with Crippen molar-refractivity contribution in [3.8, 4) is 22.3 Å². The van der Waals surface area contributed by atoms with Gasteiger partial charge < -0.3 is 29.4 Å². The Bertz CT molecular complexity index is 6530. The molecule has 6 aliphatic heterocycles. The highest BCUT2D eigenvalue weighted by molar-refractivity contribution is 7.01. The number of anilines is 16. The van der Waals surface area contributed by atoms with E-state index in [0.29, 0.717) is 0 Å². The number of para-hydroxylation sites is 4. The summed E-state index contributed by atoms with van der Waals surface area (Å²) in [5.41, 5.74) is 42.0. The quantitative estimate of drug-likeness (QED) is 0.106. The van der Waals surface area contributed by atoms with Gasteiger partial charge in [-0.15, -0.1) is 0 Å². The lowest BCUT2D eigenvalue weighted by Crippen LogP contribution is -2.61. The van der Waals surface area contributed by atoms with Crippen LogP contribution in [0.4, 0.5) is 91.0 Å². The topological polar surface area (TPSA) is 19.4 Å². The lowest BCUT2D eigenvalue weighted by atomic mass is 9.33. The minimum Gasteiger partial charge on any atom is -0.334 e. The van der Waals surface area contributed by atoms with Crippen LogP contribution >= 0.6 is 0 Å². The van der Waals surface area contributed by atoms with Gasteiger partial charge in [0.15, 0.2) is 0 Å². The summed E-state index contributed by atoms with van der Waals surface area (Å²) in [5.74, 6) is 0. The molecule has 6 heterocycles. The predicted molar refractivity (Wildman–Crippen MR) is 521 cm³/mol. The Labute approximate surface area is 724 Å². The molecule has 0 amide bonds. The number of benzene rings is 14. The first kappa shape index (κ1) is 76.2. The molecule has 8 heteroatoms. The molecule has 22 rings (SSSR count). The van der Waals surface area contributed by atoms with Gasteiger partial charge in [0.25, 0.3) is 13.4 Å². The summed E-state index contributed by atoms with van der Waals surface area (Å²) in [6, 6.07) is 120. The van der Waals surface area contributed by atoms with Crippen LogP contribution in [0.3, 0.4) is 0 Å². The monoisotopic (exact) mass is 1580 g/mol. The molecule has 4 atom stereocenters. The Kier molecular flexibility index (Phi) is 17.3. The molecular weight excluding hydrogens is 1470 g/mol. The predicted octanol–water partition coefficient (Wildman–Crippen LogP) is 26.6. The highest BCUT2D eigenvalue weighted by atomic mass is 15.3. The van der Waals surface area contributed by atoms with Gasteiger partial charge in [-0.05, 0) is 310 Å². The standard InChI is InChI=1S/C114H110B2N6/c1-75-67-102-106-104(69-75)119(86-51-47-81(48-52-86)108(3,4)5)100-73-88(55-57-94(100)115(106)92-37-23-25-39-98(92)117(102)84-33-19-15-20-34-84)122-97-60-44-80(72-91(97)112(11)62-28-30-64-114(112,122)13)78-41-45-82(46-42-78)109(6,7)65-66-110(8,9)83-49-53-87(54-50-83)120-101-74-89(121-96-59-43-79(77-31-17-14-18-32-77)71-90(96)111(10)61-27-29-63-113(111,121)12)56-58-95(101)116-93-38-24-26-40-99(93)118(85-35-21-16-22-36-85)103-68-76(2)70-105(120)107(103)116/h14-26,31-60,67-74H,27-30,61-66H2,1-13H3. The molecule has 14 aromatic rings. The molecule has 0 saturated heterocycles. The van der Waals surface area contributed by atoms with Crippen LogP contribution in [-0.4, -0.2) is 24.5 Å². The molecule has 0 aromatic heterocycles. The third kappa shape index (κ3) is 11.4. The van der Waals surface area contributed by atoms with Crippen molar-refractivity contribution >= 4 is 137 Å². The number of aryl methyl sites for hydroxylation is 2. The van der Waals surface area contributed by atoms with Gasteiger partial charge in [0, 0.05) is 102 Å². The highest BCUT2D eigenvalue weighted by Gasteiger charge is 2.60. The molecule has 14 aromatic carbocycles. The molecule has 0 bridgehead atoms. The SMILES string of the molecule is Cc1cc2c3c(c1)N(c1ccc(C(C)(C)C)cc1)c1cc(N4c5ccc(-c6ccc(C(C)(C)CCC(C)(C)c7ccc(N8c9cc(N%10c%11ccc(-c%12ccccc%12)cc%11C%11(C)CCCCC%10%11C)ccc9B9c%10ccccc%10N(c%10ccccc%10)c%10cc(C)cc8c%109)cc7)cc6)cc5C5(C)CCCCC45C)ccc1B3c1ccccc1N2c1ccccc1. The van der Waals surface area contributed by atoms with E-state index in [0.717, 1.165) is 38.5 Å². The second kappa shape index (κ2) is 27.8. The zero-order valence-electron chi connectivity index (χ0n) is 73.4. The van der Waals surface area contributed by atoms with Gasteiger partial charge in [-0.25, -0.2) is 0 Å². The average molecular weight is 1590 g/mol. The average Bonchev–Trinajstić information content (AvgIpc) is 1.38. The van der Waals surface area contributed by atoms with Crippen molar-refractivity contribution in [2.24, 2.45) is 0 Å². The fraction of sp³-hybridized carbons (Fsp3) is 0.263. The third-order valence-corrected chi connectivity index (χ3v) is 31.3. The van der Waals surface area contributed by atoms with Gasteiger partial charge in [-0.2, -0.15) is 0 Å². The lowest BCUT2D eigenvalue weighted by molar-refractivity contribution is 0.195. The van der Waals surface area contributed by atoms with Crippen LogP contribution in [0.2, 0.25) is 0 Å². The fourth-order valence-corrected chi connectivity index (χ4v) is 24.2. The zero-order chi connectivity index (χ0) is 83.3. The van der Waals surface area contributed by atoms with Gasteiger partial charge in [0.05, 0.1) is 11.1 Å². The first-order valence-corrected chi connectivity index (χ1v) is 45.2. The molecule has 6 nitrogen and oxygen atoms in total. The summed E-state index contributed by atoms with van der Waals surface area (Å²) in [6.07, 6.45) is 11.5. The van der Waals surface area contributed by atoms with Gasteiger partial charge in [-0.1, -0.05) is 264 Å². The minimum atomic E-state index is -0.157. The zero-order valence-corrected chi connectivity index (χ0v) is 73.4. The Hall–Kier alpha value is -12.0. The van der Waals surface area contributed by atoms with E-state index >= 15 is 0 Å². The highest BCUT2D eigenvalue weighted by Crippen LogP contribution is 2.64. The van der Waals surface area contributed by atoms with Gasteiger partial charge in [0.2, 0.25) is 0 Å². The van der Waals surface area contributed by atoms with E-state index in [-0.39, 0.29) is 51.6 Å². The van der Waals surface area contributed by atoms with Crippen LogP contribution in [0.15, 0.2) is 309 Å². The van der Waals surface area contributed by atoms with Crippen molar-refractivity contribution in [2.75, 3.05) is 29.4 Å². The normalized spacial score (nSPS) is 20.1. The summed E-state index contributed by atoms with van der Waals surface area (Å²) >= 11 is 0. The molecule has 0 N–H and O–H groups in total. The summed E-state index contributed by atoms with van der Waals surface area (Å²) < 4.78 is 0. The maximum Gasteiger partial charge on any atom is 0.252 e. The Morgan fingerprint density at radius 2 is 0.590 bits per heavy atom.